The molecule has 2 saturated carbocycles. The van der Waals surface area contributed by atoms with Gasteiger partial charge >= 0.3 is 0 Å². The van der Waals surface area contributed by atoms with Gasteiger partial charge in [0.25, 0.3) is 0 Å². The third-order valence-electron chi connectivity index (χ3n) is 8.07. The molecule has 2 aliphatic carbocycles. The fourth-order valence-corrected chi connectivity index (χ4v) is 5.89. The van der Waals surface area contributed by atoms with Gasteiger partial charge in [-0.3, -0.25) is 4.79 Å². The minimum atomic E-state index is -0.195. The van der Waals surface area contributed by atoms with E-state index >= 15 is 0 Å². The van der Waals surface area contributed by atoms with Crippen molar-refractivity contribution >= 4 is 18.4 Å². The summed E-state index contributed by atoms with van der Waals surface area (Å²) in [5, 5.41) is 0. The maximum absolute atomic E-state index is 12.8. The molecule has 2 fully saturated rings. The van der Waals surface area contributed by atoms with Crippen molar-refractivity contribution in [3.63, 3.8) is 0 Å². The van der Waals surface area contributed by atoms with Crippen molar-refractivity contribution in [3.8, 4) is 5.75 Å². The SMILES string of the molecule is CC(C)(C)Oc1ccc(C2CCC(C(=O)N=Cc3cccc(CCC4CCC(C=O)CC4)c3)CC2)cc1. The number of hydrogen-bond acceptors (Lipinski definition) is 3. The molecule has 0 atom stereocenters. The topological polar surface area (TPSA) is 55.7 Å². The van der Waals surface area contributed by atoms with Gasteiger partial charge in [-0.2, -0.15) is 0 Å². The van der Waals surface area contributed by atoms with Crippen LogP contribution in [0.25, 0.3) is 0 Å². The van der Waals surface area contributed by atoms with E-state index in [1.54, 1.807) is 6.21 Å². The van der Waals surface area contributed by atoms with E-state index in [2.05, 4.69) is 68.2 Å². The summed E-state index contributed by atoms with van der Waals surface area (Å²) < 4.78 is 5.94. The second kappa shape index (κ2) is 12.7. The summed E-state index contributed by atoms with van der Waals surface area (Å²) in [6, 6.07) is 16.9. The Balaban J connectivity index is 1.23. The normalized spacial score (nSPS) is 24.6. The van der Waals surface area contributed by atoms with Crippen molar-refractivity contribution in [3.05, 3.63) is 65.2 Å². The molecule has 2 aromatic rings. The van der Waals surface area contributed by atoms with Crippen LogP contribution < -0.4 is 4.74 Å². The van der Waals surface area contributed by atoms with Crippen LogP contribution in [0.15, 0.2) is 53.5 Å². The van der Waals surface area contributed by atoms with Gasteiger partial charge in [-0.1, -0.05) is 36.4 Å². The number of carbonyl (C=O) groups excluding carboxylic acids is 2. The number of aliphatic imine (C=N–C) groups is 1. The van der Waals surface area contributed by atoms with E-state index < -0.39 is 0 Å². The van der Waals surface area contributed by atoms with Gasteiger partial charge in [-0.15, -0.1) is 0 Å². The maximum Gasteiger partial charge on any atom is 0.248 e. The summed E-state index contributed by atoms with van der Waals surface area (Å²) in [5.74, 6) is 2.45. The molecule has 0 N–H and O–H groups in total. The molecule has 0 aliphatic heterocycles. The Hall–Kier alpha value is -2.75. The fourth-order valence-electron chi connectivity index (χ4n) is 5.89. The monoisotopic (exact) mass is 501 g/mol. The largest absolute Gasteiger partial charge is 0.488 e. The lowest BCUT2D eigenvalue weighted by Crippen LogP contribution is -2.23. The third kappa shape index (κ3) is 8.38. The molecule has 0 spiro atoms. The first-order valence-corrected chi connectivity index (χ1v) is 14.2. The first-order chi connectivity index (χ1) is 17.8. The second-order valence-corrected chi connectivity index (χ2v) is 12.1. The molecule has 1 amide bonds. The van der Waals surface area contributed by atoms with Gasteiger partial charge in [0.15, 0.2) is 0 Å². The highest BCUT2D eigenvalue weighted by Gasteiger charge is 2.27. The summed E-state index contributed by atoms with van der Waals surface area (Å²) in [4.78, 5) is 28.2. The zero-order valence-corrected chi connectivity index (χ0v) is 22.8. The minimum absolute atomic E-state index is 0.0183. The molecule has 0 unspecified atom stereocenters. The Labute approximate surface area is 222 Å². The van der Waals surface area contributed by atoms with Crippen molar-refractivity contribution in [2.45, 2.75) is 96.5 Å². The molecule has 4 rings (SSSR count). The predicted octanol–water partition coefficient (Wildman–Crippen LogP) is 7.72. The summed E-state index contributed by atoms with van der Waals surface area (Å²) in [7, 11) is 0. The highest BCUT2D eigenvalue weighted by Crippen LogP contribution is 2.37. The molecular weight excluding hydrogens is 458 g/mol. The standard InChI is InChI=1S/C33H43NO3/c1-33(2,3)37-31-19-17-29(18-20-31)28-13-15-30(16-14-28)32(36)34-22-27-6-4-5-25(21-27)10-7-24-8-11-26(23-35)12-9-24/h4-6,17-24,26,28,30H,7-16H2,1-3H3. The minimum Gasteiger partial charge on any atom is -0.488 e. The lowest BCUT2D eigenvalue weighted by Gasteiger charge is -2.27. The molecule has 0 aromatic heterocycles. The lowest BCUT2D eigenvalue weighted by molar-refractivity contribution is -0.122. The highest BCUT2D eigenvalue weighted by atomic mass is 16.5. The second-order valence-electron chi connectivity index (χ2n) is 12.1. The Kier molecular flexibility index (Phi) is 9.34. The van der Waals surface area contributed by atoms with E-state index in [4.69, 9.17) is 4.74 Å². The molecule has 0 radical (unpaired) electrons. The summed E-state index contributed by atoms with van der Waals surface area (Å²) in [6.07, 6.45) is 13.4. The number of hydrogen-bond donors (Lipinski definition) is 0. The number of nitrogens with zero attached hydrogens (tertiary/aromatic N) is 1. The van der Waals surface area contributed by atoms with Gasteiger partial charge in [-0.05, 0) is 126 Å². The Bertz CT molecular complexity index is 1050. The van der Waals surface area contributed by atoms with Crippen LogP contribution in [0.1, 0.15) is 101 Å². The lowest BCUT2D eigenvalue weighted by atomic mass is 9.78. The molecule has 0 bridgehead atoms. The van der Waals surface area contributed by atoms with Crippen LogP contribution in [-0.4, -0.2) is 24.0 Å². The predicted molar refractivity (Wildman–Crippen MR) is 150 cm³/mol. The van der Waals surface area contributed by atoms with Crippen molar-refractivity contribution in [1.82, 2.24) is 0 Å². The fraction of sp³-hybridized carbons (Fsp3) is 0.545. The number of carbonyl (C=O) groups is 2. The highest BCUT2D eigenvalue weighted by molar-refractivity contribution is 5.93. The Morgan fingerprint density at radius 3 is 2.30 bits per heavy atom. The average Bonchev–Trinajstić information content (AvgIpc) is 2.91. The van der Waals surface area contributed by atoms with Gasteiger partial charge in [0.1, 0.15) is 17.6 Å². The van der Waals surface area contributed by atoms with E-state index in [9.17, 15) is 9.59 Å². The quantitative estimate of drug-likeness (QED) is 0.275. The molecule has 4 heteroatoms. The van der Waals surface area contributed by atoms with Gasteiger partial charge in [0.2, 0.25) is 5.91 Å². The van der Waals surface area contributed by atoms with E-state index in [1.165, 1.54) is 17.5 Å². The van der Waals surface area contributed by atoms with Crippen LogP contribution in [0.2, 0.25) is 0 Å². The molecule has 2 aromatic carbocycles. The molecule has 0 saturated heterocycles. The summed E-state index contributed by atoms with van der Waals surface area (Å²) in [6.45, 7) is 6.18. The third-order valence-corrected chi connectivity index (χ3v) is 8.07. The first kappa shape index (κ1) is 27.3. The van der Waals surface area contributed by atoms with Crippen LogP contribution in [0.5, 0.6) is 5.75 Å². The molecule has 37 heavy (non-hydrogen) atoms. The van der Waals surface area contributed by atoms with E-state index in [0.717, 1.165) is 81.3 Å². The number of rotatable bonds is 8. The van der Waals surface area contributed by atoms with Crippen LogP contribution in [-0.2, 0) is 16.0 Å². The van der Waals surface area contributed by atoms with Crippen LogP contribution in [0, 0.1) is 17.8 Å². The number of aldehydes is 1. The first-order valence-electron chi connectivity index (χ1n) is 14.2. The smallest absolute Gasteiger partial charge is 0.248 e. The van der Waals surface area contributed by atoms with E-state index in [1.807, 2.05) is 6.07 Å². The molecule has 4 nitrogen and oxygen atoms in total. The Morgan fingerprint density at radius 1 is 0.946 bits per heavy atom. The number of benzene rings is 2. The molecule has 2 aliphatic rings. The van der Waals surface area contributed by atoms with Crippen molar-refractivity contribution in [2.75, 3.05) is 0 Å². The molecular formula is C33H43NO3. The number of ether oxygens (including phenoxy) is 1. The zero-order chi connectivity index (χ0) is 26.3. The average molecular weight is 502 g/mol. The maximum atomic E-state index is 12.8. The van der Waals surface area contributed by atoms with Crippen LogP contribution in [0.3, 0.4) is 0 Å². The summed E-state index contributed by atoms with van der Waals surface area (Å²) in [5.41, 5.74) is 3.44. The van der Waals surface area contributed by atoms with Gasteiger partial charge < -0.3 is 9.53 Å². The van der Waals surface area contributed by atoms with Crippen molar-refractivity contribution < 1.29 is 14.3 Å². The van der Waals surface area contributed by atoms with E-state index in [-0.39, 0.29) is 23.3 Å². The molecule has 198 valence electrons. The van der Waals surface area contributed by atoms with Crippen molar-refractivity contribution in [2.24, 2.45) is 22.7 Å². The van der Waals surface area contributed by atoms with Crippen molar-refractivity contribution in [1.29, 1.82) is 0 Å². The number of amides is 1. The summed E-state index contributed by atoms with van der Waals surface area (Å²) >= 11 is 0. The Morgan fingerprint density at radius 2 is 1.65 bits per heavy atom. The number of aryl methyl sites for hydroxylation is 1. The van der Waals surface area contributed by atoms with Crippen LogP contribution >= 0.6 is 0 Å². The van der Waals surface area contributed by atoms with Gasteiger partial charge in [0, 0.05) is 18.1 Å². The zero-order valence-electron chi connectivity index (χ0n) is 22.8. The van der Waals surface area contributed by atoms with Gasteiger partial charge in [0.05, 0.1) is 0 Å². The van der Waals surface area contributed by atoms with E-state index in [0.29, 0.717) is 5.92 Å². The van der Waals surface area contributed by atoms with Crippen LogP contribution in [0.4, 0.5) is 0 Å². The molecule has 0 heterocycles. The van der Waals surface area contributed by atoms with Gasteiger partial charge in [-0.25, -0.2) is 4.99 Å².